The van der Waals surface area contributed by atoms with E-state index in [0.717, 1.165) is 15.0 Å². The second kappa shape index (κ2) is 8.44. The molecular weight excluding hydrogens is 455 g/mol. The first-order valence-corrected chi connectivity index (χ1v) is 10.9. The van der Waals surface area contributed by atoms with E-state index in [9.17, 15) is 14.0 Å². The van der Waals surface area contributed by atoms with Crippen molar-refractivity contribution in [3.8, 4) is 17.2 Å². The number of halogens is 2. The van der Waals surface area contributed by atoms with E-state index in [1.165, 1.54) is 48.3 Å². The van der Waals surface area contributed by atoms with Gasteiger partial charge in [-0.3, -0.25) is 9.36 Å². The van der Waals surface area contributed by atoms with Crippen LogP contribution in [0.3, 0.4) is 0 Å². The number of benzene rings is 2. The van der Waals surface area contributed by atoms with Gasteiger partial charge in [0, 0.05) is 16.0 Å². The second-order valence-corrected chi connectivity index (χ2v) is 8.86. The fourth-order valence-corrected chi connectivity index (χ4v) is 4.97. The summed E-state index contributed by atoms with van der Waals surface area (Å²) >= 11 is 7.60. The fraction of sp³-hybridized carbons (Fsp3) is 0.217. The molecule has 0 radical (unpaired) electrons. The molecule has 0 N–H and O–H groups in total. The van der Waals surface area contributed by atoms with E-state index in [2.05, 4.69) is 0 Å². The van der Waals surface area contributed by atoms with Gasteiger partial charge < -0.3 is 9.47 Å². The largest absolute Gasteiger partial charge is 0.497 e. The Labute approximate surface area is 192 Å². The van der Waals surface area contributed by atoms with Crippen LogP contribution in [0.2, 0.25) is 5.02 Å². The Morgan fingerprint density at radius 3 is 2.47 bits per heavy atom. The summed E-state index contributed by atoms with van der Waals surface area (Å²) in [5, 5.41) is 0.651. The van der Waals surface area contributed by atoms with Crippen molar-refractivity contribution in [1.82, 2.24) is 9.13 Å². The van der Waals surface area contributed by atoms with E-state index in [4.69, 9.17) is 21.1 Å². The van der Waals surface area contributed by atoms with Crippen molar-refractivity contribution in [2.24, 2.45) is 0 Å². The highest BCUT2D eigenvalue weighted by atomic mass is 35.5. The number of ether oxygens (including phenoxy) is 2. The summed E-state index contributed by atoms with van der Waals surface area (Å²) in [6.07, 6.45) is 0. The predicted molar refractivity (Wildman–Crippen MR) is 125 cm³/mol. The third-order valence-electron chi connectivity index (χ3n) is 5.42. The molecule has 166 valence electrons. The van der Waals surface area contributed by atoms with E-state index >= 15 is 0 Å². The molecule has 0 aliphatic carbocycles. The van der Waals surface area contributed by atoms with Gasteiger partial charge in [0.1, 0.15) is 22.1 Å². The first-order valence-electron chi connectivity index (χ1n) is 9.68. The lowest BCUT2D eigenvalue weighted by atomic mass is 10.2. The minimum Gasteiger partial charge on any atom is -0.497 e. The third-order valence-corrected chi connectivity index (χ3v) is 7.00. The van der Waals surface area contributed by atoms with Gasteiger partial charge in [-0.15, -0.1) is 11.3 Å². The number of nitrogens with zero attached hydrogens (tertiary/aromatic N) is 2. The molecule has 0 bridgehead atoms. The molecule has 9 heteroatoms. The summed E-state index contributed by atoms with van der Waals surface area (Å²) in [7, 11) is 2.97. The third kappa shape index (κ3) is 3.59. The van der Waals surface area contributed by atoms with Crippen molar-refractivity contribution < 1.29 is 13.9 Å². The van der Waals surface area contributed by atoms with E-state index < -0.39 is 17.1 Å². The van der Waals surface area contributed by atoms with Gasteiger partial charge in [0.05, 0.1) is 31.8 Å². The van der Waals surface area contributed by atoms with Crippen molar-refractivity contribution in [2.45, 2.75) is 20.4 Å². The zero-order chi connectivity index (χ0) is 23.2. The average molecular weight is 475 g/mol. The molecule has 4 aromatic rings. The van der Waals surface area contributed by atoms with Gasteiger partial charge in [-0.25, -0.2) is 13.8 Å². The summed E-state index contributed by atoms with van der Waals surface area (Å²) in [4.78, 5) is 28.6. The van der Waals surface area contributed by atoms with Gasteiger partial charge in [0.15, 0.2) is 0 Å². The molecule has 0 saturated carbocycles. The topological polar surface area (TPSA) is 62.5 Å². The maximum absolute atomic E-state index is 13.7. The summed E-state index contributed by atoms with van der Waals surface area (Å²) in [5.74, 6) is 0.381. The zero-order valence-corrected chi connectivity index (χ0v) is 19.4. The number of methoxy groups -OCH3 is 2. The van der Waals surface area contributed by atoms with Gasteiger partial charge in [0.25, 0.3) is 5.56 Å². The molecule has 6 nitrogen and oxygen atoms in total. The summed E-state index contributed by atoms with van der Waals surface area (Å²) in [6.45, 7) is 3.83. The van der Waals surface area contributed by atoms with Gasteiger partial charge in [0.2, 0.25) is 0 Å². The lowest BCUT2D eigenvalue weighted by Gasteiger charge is -2.16. The van der Waals surface area contributed by atoms with E-state index in [1.807, 2.05) is 13.8 Å². The lowest BCUT2D eigenvalue weighted by molar-refractivity contribution is 0.392. The molecule has 0 aliphatic rings. The minimum absolute atomic E-state index is 0.0760. The van der Waals surface area contributed by atoms with Crippen molar-refractivity contribution in [3.05, 3.63) is 84.1 Å². The minimum atomic E-state index is -0.549. The van der Waals surface area contributed by atoms with E-state index in [-0.39, 0.29) is 11.6 Å². The highest BCUT2D eigenvalue weighted by Gasteiger charge is 2.22. The summed E-state index contributed by atoms with van der Waals surface area (Å²) in [5.41, 5.74) is 0.680. The SMILES string of the molecule is COc1ccc(-n2c(=O)c3c(C)c(C)sc3n(Cc3ccc(F)cc3Cl)c2=O)c(OC)c1. The standard InChI is InChI=1S/C23H20ClFN2O4S/c1-12-13(2)32-22-20(12)21(28)27(18-8-7-16(30-3)10-19(18)31-4)23(29)26(22)11-14-5-6-15(25)9-17(14)24/h5-10H,11H2,1-4H3. The smallest absolute Gasteiger partial charge is 0.337 e. The molecule has 0 unspecified atom stereocenters. The Bertz CT molecular complexity index is 1470. The van der Waals surface area contributed by atoms with Crippen LogP contribution >= 0.6 is 22.9 Å². The van der Waals surface area contributed by atoms with Crippen molar-refractivity contribution >= 4 is 33.2 Å². The molecule has 2 aromatic heterocycles. The summed E-state index contributed by atoms with van der Waals surface area (Å²) in [6, 6.07) is 8.89. The van der Waals surface area contributed by atoms with Crippen LogP contribution in [0.4, 0.5) is 4.39 Å². The van der Waals surface area contributed by atoms with Crippen LogP contribution in [0, 0.1) is 19.7 Å². The normalized spacial score (nSPS) is 11.2. The van der Waals surface area contributed by atoms with Crippen LogP contribution < -0.4 is 20.7 Å². The Balaban J connectivity index is 2.07. The first-order chi connectivity index (χ1) is 15.3. The van der Waals surface area contributed by atoms with Crippen molar-refractivity contribution in [2.75, 3.05) is 14.2 Å². The number of aryl methyl sites for hydroxylation is 2. The predicted octanol–water partition coefficient (Wildman–Crippen LogP) is 4.69. The Kier molecular flexibility index (Phi) is 5.83. The maximum atomic E-state index is 13.7. The van der Waals surface area contributed by atoms with Crippen LogP contribution in [-0.4, -0.2) is 23.4 Å². The quantitative estimate of drug-likeness (QED) is 0.421. The number of aromatic nitrogens is 2. The van der Waals surface area contributed by atoms with Crippen LogP contribution in [0.1, 0.15) is 16.0 Å². The maximum Gasteiger partial charge on any atom is 0.337 e. The molecule has 0 atom stereocenters. The van der Waals surface area contributed by atoms with Crippen LogP contribution in [-0.2, 0) is 6.54 Å². The van der Waals surface area contributed by atoms with Crippen molar-refractivity contribution in [1.29, 1.82) is 0 Å². The van der Waals surface area contributed by atoms with Gasteiger partial charge in [-0.2, -0.15) is 0 Å². The molecule has 0 amide bonds. The Morgan fingerprint density at radius 1 is 1.06 bits per heavy atom. The highest BCUT2D eigenvalue weighted by molar-refractivity contribution is 7.18. The van der Waals surface area contributed by atoms with Crippen molar-refractivity contribution in [3.63, 3.8) is 0 Å². The monoisotopic (exact) mass is 474 g/mol. The van der Waals surface area contributed by atoms with Crippen LogP contribution in [0.5, 0.6) is 11.5 Å². The second-order valence-electron chi connectivity index (χ2n) is 7.25. The summed E-state index contributed by atoms with van der Waals surface area (Å²) < 4.78 is 26.8. The Morgan fingerprint density at radius 2 is 1.81 bits per heavy atom. The van der Waals surface area contributed by atoms with E-state index in [1.54, 1.807) is 18.2 Å². The number of thiophene rings is 1. The molecule has 4 rings (SSSR count). The zero-order valence-electron chi connectivity index (χ0n) is 17.9. The van der Waals surface area contributed by atoms with Gasteiger partial charge in [-0.1, -0.05) is 17.7 Å². The van der Waals surface area contributed by atoms with Crippen LogP contribution in [0.25, 0.3) is 15.9 Å². The average Bonchev–Trinajstić information content (AvgIpc) is 3.07. The number of fused-ring (bicyclic) bond motifs is 1. The van der Waals surface area contributed by atoms with Crippen LogP contribution in [0.15, 0.2) is 46.0 Å². The molecule has 2 aromatic carbocycles. The fourth-order valence-electron chi connectivity index (χ4n) is 3.60. The number of hydrogen-bond acceptors (Lipinski definition) is 5. The molecule has 0 saturated heterocycles. The van der Waals surface area contributed by atoms with Gasteiger partial charge in [-0.05, 0) is 49.2 Å². The van der Waals surface area contributed by atoms with E-state index in [0.29, 0.717) is 33.0 Å². The molecule has 32 heavy (non-hydrogen) atoms. The highest BCUT2D eigenvalue weighted by Crippen LogP contribution is 2.30. The molecular formula is C23H20ClFN2O4S. The first kappa shape index (κ1) is 22.1. The molecule has 2 heterocycles. The molecule has 0 spiro atoms. The molecule has 0 fully saturated rings. The molecule has 0 aliphatic heterocycles. The van der Waals surface area contributed by atoms with Gasteiger partial charge >= 0.3 is 5.69 Å². The number of hydrogen-bond donors (Lipinski definition) is 0. The lowest BCUT2D eigenvalue weighted by Crippen LogP contribution is -2.39. The number of rotatable bonds is 5. The Hall–Kier alpha value is -3.10.